The summed E-state index contributed by atoms with van der Waals surface area (Å²) in [4.78, 5) is 20.7. The zero-order chi connectivity index (χ0) is 20.3. The van der Waals surface area contributed by atoms with Crippen LogP contribution in [0.4, 0.5) is 5.69 Å². The lowest BCUT2D eigenvalue weighted by atomic mass is 10.2. The summed E-state index contributed by atoms with van der Waals surface area (Å²) in [5, 5.41) is 9.21. The molecule has 2 N–H and O–H groups in total. The van der Waals surface area contributed by atoms with Gasteiger partial charge in [-0.05, 0) is 24.3 Å². The third-order valence-electron chi connectivity index (χ3n) is 4.04. The fraction of sp³-hybridized carbons (Fsp3) is 0.158. The maximum Gasteiger partial charge on any atom is 0.357 e. The molecule has 0 bridgehead atoms. The molecule has 0 amide bonds. The molecule has 1 aromatic carbocycles. The van der Waals surface area contributed by atoms with Crippen LogP contribution >= 0.6 is 0 Å². The third kappa shape index (κ3) is 3.31. The molecular weight excluding hydrogens is 362 g/mol. The average Bonchev–Trinajstić information content (AvgIpc) is 3.09. The number of carbonyl (C=O) groups is 1. The molecule has 0 spiro atoms. The van der Waals surface area contributed by atoms with E-state index in [-0.39, 0.29) is 16.9 Å². The second kappa shape index (κ2) is 7.67. The SMILES string of the molecule is COC(=O)c1c(N)c(C#N)cn1-c1ccc(-c2nc(OC)cc(OC)n2)cc1. The van der Waals surface area contributed by atoms with Crippen LogP contribution in [0.1, 0.15) is 16.1 Å². The molecule has 142 valence electrons. The van der Waals surface area contributed by atoms with Crippen LogP contribution in [0.3, 0.4) is 0 Å². The van der Waals surface area contributed by atoms with E-state index in [0.29, 0.717) is 28.8 Å². The zero-order valence-electron chi connectivity index (χ0n) is 15.5. The summed E-state index contributed by atoms with van der Waals surface area (Å²) in [6.45, 7) is 0. The fourth-order valence-corrected chi connectivity index (χ4v) is 2.63. The van der Waals surface area contributed by atoms with Crippen LogP contribution in [0.15, 0.2) is 36.5 Å². The van der Waals surface area contributed by atoms with Gasteiger partial charge >= 0.3 is 5.97 Å². The van der Waals surface area contributed by atoms with Crippen molar-refractivity contribution in [3.05, 3.63) is 47.8 Å². The summed E-state index contributed by atoms with van der Waals surface area (Å²) in [5.74, 6) is 0.524. The molecule has 3 rings (SSSR count). The highest BCUT2D eigenvalue weighted by molar-refractivity contribution is 5.96. The van der Waals surface area contributed by atoms with Gasteiger partial charge in [-0.3, -0.25) is 0 Å². The number of benzene rings is 1. The van der Waals surface area contributed by atoms with Gasteiger partial charge in [0.15, 0.2) is 11.5 Å². The Labute approximate surface area is 160 Å². The number of nitrogens with two attached hydrogens (primary N) is 1. The van der Waals surface area contributed by atoms with Crippen molar-refractivity contribution >= 4 is 11.7 Å². The summed E-state index contributed by atoms with van der Waals surface area (Å²) >= 11 is 0. The van der Waals surface area contributed by atoms with Gasteiger partial charge in [-0.2, -0.15) is 15.2 Å². The first-order chi connectivity index (χ1) is 13.5. The van der Waals surface area contributed by atoms with Gasteiger partial charge in [0.25, 0.3) is 0 Å². The van der Waals surface area contributed by atoms with Gasteiger partial charge < -0.3 is 24.5 Å². The van der Waals surface area contributed by atoms with E-state index in [2.05, 4.69) is 9.97 Å². The number of anilines is 1. The Morgan fingerprint density at radius 2 is 1.71 bits per heavy atom. The number of carbonyl (C=O) groups excluding carboxylic acids is 1. The van der Waals surface area contributed by atoms with Crippen molar-refractivity contribution in [2.24, 2.45) is 0 Å². The second-order valence-corrected chi connectivity index (χ2v) is 5.60. The lowest BCUT2D eigenvalue weighted by Gasteiger charge is -2.10. The van der Waals surface area contributed by atoms with Gasteiger partial charge in [0.05, 0.1) is 38.6 Å². The number of methoxy groups -OCH3 is 3. The maximum atomic E-state index is 12.1. The first kappa shape index (κ1) is 18.7. The standard InChI is InChI=1S/C19H17N5O4/c1-26-14-8-15(27-2)23-18(22-14)11-4-6-13(7-5-11)24-10-12(9-20)16(21)17(24)19(25)28-3/h4-8,10H,21H2,1-3H3. The number of ether oxygens (including phenoxy) is 3. The molecule has 0 saturated heterocycles. The van der Waals surface area contributed by atoms with Crippen molar-refractivity contribution in [1.29, 1.82) is 5.26 Å². The highest BCUT2D eigenvalue weighted by Gasteiger charge is 2.21. The molecule has 0 atom stereocenters. The quantitative estimate of drug-likeness (QED) is 0.669. The molecule has 0 unspecified atom stereocenters. The van der Waals surface area contributed by atoms with E-state index in [4.69, 9.17) is 19.9 Å². The number of hydrogen-bond donors (Lipinski definition) is 1. The van der Waals surface area contributed by atoms with Gasteiger partial charge in [-0.15, -0.1) is 0 Å². The van der Waals surface area contributed by atoms with E-state index >= 15 is 0 Å². The minimum Gasteiger partial charge on any atom is -0.481 e. The first-order valence-electron chi connectivity index (χ1n) is 8.09. The number of aromatic nitrogens is 3. The number of nitrogens with zero attached hydrogens (tertiary/aromatic N) is 4. The predicted octanol–water partition coefficient (Wildman–Crippen LogP) is 2.19. The largest absolute Gasteiger partial charge is 0.481 e. The van der Waals surface area contributed by atoms with E-state index < -0.39 is 5.97 Å². The summed E-state index contributed by atoms with van der Waals surface area (Å²) in [6, 6.07) is 10.6. The van der Waals surface area contributed by atoms with Crippen molar-refractivity contribution in [3.8, 4) is 34.9 Å². The second-order valence-electron chi connectivity index (χ2n) is 5.60. The van der Waals surface area contributed by atoms with E-state index in [0.717, 1.165) is 0 Å². The van der Waals surface area contributed by atoms with E-state index in [9.17, 15) is 10.1 Å². The molecule has 2 aromatic heterocycles. The highest BCUT2D eigenvalue weighted by atomic mass is 16.5. The van der Waals surface area contributed by atoms with Crippen LogP contribution in [0.5, 0.6) is 11.8 Å². The van der Waals surface area contributed by atoms with Crippen molar-refractivity contribution in [2.45, 2.75) is 0 Å². The lowest BCUT2D eigenvalue weighted by molar-refractivity contribution is 0.0593. The minimum atomic E-state index is -0.635. The van der Waals surface area contributed by atoms with Crippen LogP contribution in [-0.4, -0.2) is 41.8 Å². The summed E-state index contributed by atoms with van der Waals surface area (Å²) in [5.41, 5.74) is 7.59. The summed E-state index contributed by atoms with van der Waals surface area (Å²) < 4.78 is 16.6. The summed E-state index contributed by atoms with van der Waals surface area (Å²) in [6.07, 6.45) is 1.49. The molecule has 9 nitrogen and oxygen atoms in total. The molecule has 2 heterocycles. The fourth-order valence-electron chi connectivity index (χ4n) is 2.63. The van der Waals surface area contributed by atoms with Gasteiger partial charge in [0, 0.05) is 17.4 Å². The Balaban J connectivity index is 2.05. The number of nitrogen functional groups attached to an aromatic ring is 1. The molecule has 0 aliphatic heterocycles. The number of esters is 1. The minimum absolute atomic E-state index is 0.0688. The van der Waals surface area contributed by atoms with Crippen LogP contribution in [-0.2, 0) is 4.74 Å². The van der Waals surface area contributed by atoms with Crippen molar-refractivity contribution in [1.82, 2.24) is 14.5 Å². The number of hydrogen-bond acceptors (Lipinski definition) is 8. The highest BCUT2D eigenvalue weighted by Crippen LogP contribution is 2.27. The van der Waals surface area contributed by atoms with E-state index in [1.807, 2.05) is 6.07 Å². The van der Waals surface area contributed by atoms with Gasteiger partial charge in [-0.1, -0.05) is 0 Å². The molecule has 3 aromatic rings. The Bertz CT molecular complexity index is 1040. The van der Waals surface area contributed by atoms with Crippen molar-refractivity contribution < 1.29 is 19.0 Å². The molecule has 0 saturated carbocycles. The van der Waals surface area contributed by atoms with Crippen LogP contribution < -0.4 is 15.2 Å². The van der Waals surface area contributed by atoms with Gasteiger partial charge in [0.1, 0.15) is 6.07 Å². The Morgan fingerprint density at radius 1 is 1.11 bits per heavy atom. The number of rotatable bonds is 5. The third-order valence-corrected chi connectivity index (χ3v) is 4.04. The maximum absolute atomic E-state index is 12.1. The molecule has 0 fully saturated rings. The predicted molar refractivity (Wildman–Crippen MR) is 100 cm³/mol. The van der Waals surface area contributed by atoms with Crippen molar-refractivity contribution in [3.63, 3.8) is 0 Å². The molecule has 0 aliphatic carbocycles. The summed E-state index contributed by atoms with van der Waals surface area (Å²) in [7, 11) is 4.26. The molecule has 28 heavy (non-hydrogen) atoms. The number of nitriles is 1. The first-order valence-corrected chi connectivity index (χ1v) is 8.09. The Kier molecular flexibility index (Phi) is 5.13. The van der Waals surface area contributed by atoms with Crippen LogP contribution in [0.2, 0.25) is 0 Å². The zero-order valence-corrected chi connectivity index (χ0v) is 15.5. The van der Waals surface area contributed by atoms with E-state index in [1.54, 1.807) is 30.3 Å². The monoisotopic (exact) mass is 379 g/mol. The molecule has 9 heteroatoms. The smallest absolute Gasteiger partial charge is 0.357 e. The topological polar surface area (TPSA) is 125 Å². The Hall–Kier alpha value is -4.06. The van der Waals surface area contributed by atoms with Crippen LogP contribution in [0, 0.1) is 11.3 Å². The van der Waals surface area contributed by atoms with E-state index in [1.165, 1.54) is 32.1 Å². The molecule has 0 radical (unpaired) electrons. The average molecular weight is 379 g/mol. The Morgan fingerprint density at radius 3 is 2.21 bits per heavy atom. The molecular formula is C19H17N5O4. The van der Waals surface area contributed by atoms with Gasteiger partial charge in [-0.25, -0.2) is 4.79 Å². The normalized spacial score (nSPS) is 10.2. The lowest BCUT2D eigenvalue weighted by Crippen LogP contribution is -2.11. The van der Waals surface area contributed by atoms with Crippen molar-refractivity contribution in [2.75, 3.05) is 27.1 Å². The molecule has 0 aliphatic rings. The van der Waals surface area contributed by atoms with Crippen LogP contribution in [0.25, 0.3) is 17.1 Å². The van der Waals surface area contributed by atoms with Gasteiger partial charge in [0.2, 0.25) is 11.8 Å².